The highest BCUT2D eigenvalue weighted by atomic mass is 16.2. The standard InChI is InChI=1S/C19H25N3O2/c1-3-6-14(2)18(23)21-9-11-22(12-10-21)19(24)17-13-15-7-4-5-8-16(15)20-17/h4-5,7-8,13-14,20H,3,6,9-12H2,1-2H3. The van der Waals surface area contributed by atoms with E-state index in [1.807, 2.05) is 47.1 Å². The maximum atomic E-state index is 12.7. The molecule has 1 aliphatic rings. The van der Waals surface area contributed by atoms with Crippen molar-refractivity contribution in [3.63, 3.8) is 0 Å². The predicted octanol–water partition coefficient (Wildman–Crippen LogP) is 2.89. The van der Waals surface area contributed by atoms with Gasteiger partial charge in [-0.2, -0.15) is 0 Å². The van der Waals surface area contributed by atoms with Gasteiger partial charge in [-0.1, -0.05) is 38.5 Å². The second-order valence-corrected chi connectivity index (χ2v) is 6.58. The van der Waals surface area contributed by atoms with Crippen LogP contribution in [0, 0.1) is 5.92 Å². The molecular formula is C19H25N3O2. The number of H-pyrrole nitrogens is 1. The number of rotatable bonds is 4. The number of aromatic nitrogens is 1. The molecule has 5 heteroatoms. The van der Waals surface area contributed by atoms with E-state index >= 15 is 0 Å². The minimum Gasteiger partial charge on any atom is -0.351 e. The Morgan fingerprint density at radius 2 is 1.79 bits per heavy atom. The number of benzene rings is 1. The Labute approximate surface area is 142 Å². The second-order valence-electron chi connectivity index (χ2n) is 6.58. The molecule has 1 atom stereocenters. The van der Waals surface area contributed by atoms with Crippen LogP contribution in [0.25, 0.3) is 10.9 Å². The highest BCUT2D eigenvalue weighted by molar-refractivity contribution is 5.98. The fourth-order valence-electron chi connectivity index (χ4n) is 3.36. The van der Waals surface area contributed by atoms with E-state index < -0.39 is 0 Å². The summed E-state index contributed by atoms with van der Waals surface area (Å²) < 4.78 is 0. The molecule has 1 unspecified atom stereocenters. The lowest BCUT2D eigenvalue weighted by Gasteiger charge is -2.35. The maximum Gasteiger partial charge on any atom is 0.270 e. The van der Waals surface area contributed by atoms with Gasteiger partial charge in [-0.05, 0) is 18.6 Å². The Balaban J connectivity index is 1.62. The summed E-state index contributed by atoms with van der Waals surface area (Å²) >= 11 is 0. The summed E-state index contributed by atoms with van der Waals surface area (Å²) in [6, 6.07) is 9.78. The molecule has 0 saturated carbocycles. The van der Waals surface area contributed by atoms with E-state index in [2.05, 4.69) is 11.9 Å². The van der Waals surface area contributed by atoms with Crippen LogP contribution in [0.2, 0.25) is 0 Å². The van der Waals surface area contributed by atoms with Crippen molar-refractivity contribution in [2.24, 2.45) is 5.92 Å². The molecule has 24 heavy (non-hydrogen) atoms. The number of amides is 2. The zero-order valence-electron chi connectivity index (χ0n) is 14.4. The quantitative estimate of drug-likeness (QED) is 0.939. The molecule has 1 N–H and O–H groups in total. The number of hydrogen-bond donors (Lipinski definition) is 1. The number of hydrogen-bond acceptors (Lipinski definition) is 2. The summed E-state index contributed by atoms with van der Waals surface area (Å²) in [6.45, 7) is 6.53. The molecular weight excluding hydrogens is 302 g/mol. The van der Waals surface area contributed by atoms with Crippen molar-refractivity contribution in [3.05, 3.63) is 36.0 Å². The van der Waals surface area contributed by atoms with Crippen molar-refractivity contribution in [2.45, 2.75) is 26.7 Å². The van der Waals surface area contributed by atoms with Crippen molar-refractivity contribution < 1.29 is 9.59 Å². The monoisotopic (exact) mass is 327 g/mol. The molecule has 128 valence electrons. The molecule has 1 aliphatic heterocycles. The SMILES string of the molecule is CCCC(C)C(=O)N1CCN(C(=O)c2cc3ccccc3[nH]2)CC1. The van der Waals surface area contributed by atoms with Crippen molar-refractivity contribution in [3.8, 4) is 0 Å². The van der Waals surface area contributed by atoms with Crippen LogP contribution in [0.3, 0.4) is 0 Å². The highest BCUT2D eigenvalue weighted by Gasteiger charge is 2.27. The van der Waals surface area contributed by atoms with E-state index in [1.165, 1.54) is 0 Å². The van der Waals surface area contributed by atoms with Crippen molar-refractivity contribution >= 4 is 22.7 Å². The number of nitrogens with zero attached hydrogens (tertiary/aromatic N) is 2. The third kappa shape index (κ3) is 3.30. The van der Waals surface area contributed by atoms with Crippen molar-refractivity contribution in [1.82, 2.24) is 14.8 Å². The van der Waals surface area contributed by atoms with E-state index in [0.29, 0.717) is 31.9 Å². The van der Waals surface area contributed by atoms with Gasteiger partial charge in [0.05, 0.1) is 0 Å². The fourth-order valence-corrected chi connectivity index (χ4v) is 3.36. The summed E-state index contributed by atoms with van der Waals surface area (Å²) in [6.07, 6.45) is 1.94. The zero-order chi connectivity index (χ0) is 17.1. The lowest BCUT2D eigenvalue weighted by Crippen LogP contribution is -2.51. The summed E-state index contributed by atoms with van der Waals surface area (Å²) in [5, 5.41) is 1.04. The first-order chi connectivity index (χ1) is 11.6. The molecule has 1 aromatic heterocycles. The molecule has 1 fully saturated rings. The average Bonchev–Trinajstić information content (AvgIpc) is 3.05. The van der Waals surface area contributed by atoms with E-state index in [4.69, 9.17) is 0 Å². The molecule has 2 amide bonds. The summed E-state index contributed by atoms with van der Waals surface area (Å²) in [7, 11) is 0. The Morgan fingerprint density at radius 1 is 1.12 bits per heavy atom. The van der Waals surface area contributed by atoms with Gasteiger partial charge < -0.3 is 14.8 Å². The van der Waals surface area contributed by atoms with Gasteiger partial charge in [-0.25, -0.2) is 0 Å². The van der Waals surface area contributed by atoms with Gasteiger partial charge in [-0.15, -0.1) is 0 Å². The van der Waals surface area contributed by atoms with Gasteiger partial charge >= 0.3 is 0 Å². The first-order valence-corrected chi connectivity index (χ1v) is 8.76. The highest BCUT2D eigenvalue weighted by Crippen LogP contribution is 2.18. The Hall–Kier alpha value is -2.30. The van der Waals surface area contributed by atoms with Crippen LogP contribution < -0.4 is 0 Å². The Morgan fingerprint density at radius 3 is 2.46 bits per heavy atom. The lowest BCUT2D eigenvalue weighted by molar-refractivity contribution is -0.136. The average molecular weight is 327 g/mol. The van der Waals surface area contributed by atoms with Crippen LogP contribution in [-0.2, 0) is 4.79 Å². The molecule has 0 aliphatic carbocycles. The molecule has 0 bridgehead atoms. The molecule has 0 spiro atoms. The fraction of sp³-hybridized carbons (Fsp3) is 0.474. The predicted molar refractivity (Wildman–Crippen MR) is 94.9 cm³/mol. The molecule has 2 heterocycles. The molecule has 5 nitrogen and oxygen atoms in total. The summed E-state index contributed by atoms with van der Waals surface area (Å²) in [5.41, 5.74) is 1.60. The van der Waals surface area contributed by atoms with Crippen LogP contribution in [0.1, 0.15) is 37.2 Å². The lowest BCUT2D eigenvalue weighted by atomic mass is 10.0. The third-order valence-corrected chi connectivity index (χ3v) is 4.78. The maximum absolute atomic E-state index is 12.7. The number of fused-ring (bicyclic) bond motifs is 1. The number of piperazine rings is 1. The molecule has 2 aromatic rings. The topological polar surface area (TPSA) is 56.4 Å². The van der Waals surface area contributed by atoms with Crippen LogP contribution in [0.5, 0.6) is 0 Å². The number of aromatic amines is 1. The van der Waals surface area contributed by atoms with Gasteiger partial charge in [0, 0.05) is 43.0 Å². The first kappa shape index (κ1) is 16.6. The first-order valence-electron chi connectivity index (χ1n) is 8.76. The minimum atomic E-state index is 0.0138. The molecule has 1 saturated heterocycles. The van der Waals surface area contributed by atoms with Crippen molar-refractivity contribution in [1.29, 1.82) is 0 Å². The normalized spacial score (nSPS) is 16.4. The van der Waals surface area contributed by atoms with Gasteiger partial charge in [-0.3, -0.25) is 9.59 Å². The number of nitrogens with one attached hydrogen (secondary N) is 1. The Bertz CT molecular complexity index is 696. The number of para-hydroxylation sites is 1. The minimum absolute atomic E-state index is 0.0138. The van der Waals surface area contributed by atoms with E-state index in [0.717, 1.165) is 23.7 Å². The van der Waals surface area contributed by atoms with E-state index in [9.17, 15) is 9.59 Å². The number of carbonyl (C=O) groups excluding carboxylic acids is 2. The van der Waals surface area contributed by atoms with E-state index in [1.54, 1.807) is 0 Å². The smallest absolute Gasteiger partial charge is 0.270 e. The second kappa shape index (κ2) is 7.07. The van der Waals surface area contributed by atoms with Gasteiger partial charge in [0.25, 0.3) is 5.91 Å². The van der Waals surface area contributed by atoms with Crippen molar-refractivity contribution in [2.75, 3.05) is 26.2 Å². The van der Waals surface area contributed by atoms with Crippen LogP contribution >= 0.6 is 0 Å². The van der Waals surface area contributed by atoms with Crippen LogP contribution in [-0.4, -0.2) is 52.8 Å². The van der Waals surface area contributed by atoms with Gasteiger partial charge in [0.2, 0.25) is 5.91 Å². The molecule has 3 rings (SSSR count). The molecule has 1 aromatic carbocycles. The molecule has 0 radical (unpaired) electrons. The zero-order valence-corrected chi connectivity index (χ0v) is 14.4. The van der Waals surface area contributed by atoms with Gasteiger partial charge in [0.1, 0.15) is 5.69 Å². The summed E-state index contributed by atoms with van der Waals surface area (Å²) in [5.74, 6) is 0.306. The Kier molecular flexibility index (Phi) is 4.88. The van der Waals surface area contributed by atoms with Gasteiger partial charge in [0.15, 0.2) is 0 Å². The van der Waals surface area contributed by atoms with Crippen LogP contribution in [0.15, 0.2) is 30.3 Å². The largest absolute Gasteiger partial charge is 0.351 e. The summed E-state index contributed by atoms with van der Waals surface area (Å²) in [4.78, 5) is 32.0. The van der Waals surface area contributed by atoms with Crippen LogP contribution in [0.4, 0.5) is 0 Å². The van der Waals surface area contributed by atoms with E-state index in [-0.39, 0.29) is 17.7 Å². The number of carbonyl (C=O) groups is 2. The third-order valence-electron chi connectivity index (χ3n) is 4.78.